The van der Waals surface area contributed by atoms with Gasteiger partial charge in [-0.1, -0.05) is 25.7 Å². The molecule has 0 radical (unpaired) electrons. The first-order valence-corrected chi connectivity index (χ1v) is 5.81. The van der Waals surface area contributed by atoms with E-state index in [0.29, 0.717) is 12.0 Å². The summed E-state index contributed by atoms with van der Waals surface area (Å²) >= 11 is 0. The largest absolute Gasteiger partial charge is 0.352 e. The van der Waals surface area contributed by atoms with Crippen molar-refractivity contribution in [3.05, 3.63) is 0 Å². The van der Waals surface area contributed by atoms with Crippen molar-refractivity contribution in [1.29, 1.82) is 0 Å². The zero-order chi connectivity index (χ0) is 9.97. The van der Waals surface area contributed by atoms with Gasteiger partial charge in [0.05, 0.1) is 6.04 Å². The van der Waals surface area contributed by atoms with E-state index < -0.39 is 0 Å². The lowest BCUT2D eigenvalue weighted by Gasteiger charge is -2.15. The molecule has 15 heavy (non-hydrogen) atoms. The summed E-state index contributed by atoms with van der Waals surface area (Å²) < 4.78 is 0. The summed E-state index contributed by atoms with van der Waals surface area (Å²) in [5, 5.41) is 2.96. The van der Waals surface area contributed by atoms with Crippen molar-refractivity contribution < 1.29 is 4.79 Å². The molecule has 2 aliphatic carbocycles. The predicted molar refractivity (Wildman–Crippen MR) is 63.0 cm³/mol. The van der Waals surface area contributed by atoms with Crippen LogP contribution in [0.2, 0.25) is 0 Å². The van der Waals surface area contributed by atoms with Gasteiger partial charge in [-0.3, -0.25) is 4.79 Å². The maximum atomic E-state index is 11.5. The first-order chi connectivity index (χ1) is 6.75. The lowest BCUT2D eigenvalue weighted by Crippen LogP contribution is -2.42. The molecule has 0 aromatic heterocycles. The number of rotatable bonds is 4. The fourth-order valence-corrected chi connectivity index (χ4v) is 2.25. The van der Waals surface area contributed by atoms with Crippen molar-refractivity contribution in [2.75, 3.05) is 0 Å². The van der Waals surface area contributed by atoms with Gasteiger partial charge in [0, 0.05) is 6.04 Å². The van der Waals surface area contributed by atoms with E-state index in [0.717, 1.165) is 19.3 Å². The Hall–Kier alpha value is -0.280. The molecule has 2 aliphatic rings. The summed E-state index contributed by atoms with van der Waals surface area (Å²) in [6, 6.07) is 0.177. The van der Waals surface area contributed by atoms with E-state index in [1.54, 1.807) is 0 Å². The molecule has 0 aliphatic heterocycles. The quantitative estimate of drug-likeness (QED) is 0.774. The molecule has 3 nitrogen and oxygen atoms in total. The maximum absolute atomic E-state index is 11.5. The Morgan fingerprint density at radius 1 is 1.27 bits per heavy atom. The summed E-state index contributed by atoms with van der Waals surface area (Å²) in [7, 11) is 0. The molecule has 1 atom stereocenters. The van der Waals surface area contributed by atoms with Crippen molar-refractivity contribution in [2.45, 2.75) is 57.0 Å². The summed E-state index contributed by atoms with van der Waals surface area (Å²) in [6.07, 6.45) is 8.35. The number of amides is 1. The van der Waals surface area contributed by atoms with Crippen LogP contribution >= 0.6 is 12.4 Å². The van der Waals surface area contributed by atoms with Crippen LogP contribution in [0.25, 0.3) is 0 Å². The van der Waals surface area contributed by atoms with Crippen molar-refractivity contribution in [3.63, 3.8) is 0 Å². The summed E-state index contributed by atoms with van der Waals surface area (Å²) in [5.41, 5.74) is 5.86. The second-order valence-electron chi connectivity index (χ2n) is 4.78. The van der Waals surface area contributed by atoms with Crippen LogP contribution in [0.3, 0.4) is 0 Å². The van der Waals surface area contributed by atoms with Gasteiger partial charge in [0.25, 0.3) is 0 Å². The molecule has 0 saturated heterocycles. The molecule has 2 fully saturated rings. The van der Waals surface area contributed by atoms with E-state index in [2.05, 4.69) is 5.32 Å². The van der Waals surface area contributed by atoms with Crippen LogP contribution in [-0.4, -0.2) is 18.0 Å². The van der Waals surface area contributed by atoms with E-state index in [9.17, 15) is 4.79 Å². The fourth-order valence-electron chi connectivity index (χ4n) is 2.25. The zero-order valence-electron chi connectivity index (χ0n) is 9.08. The van der Waals surface area contributed by atoms with Crippen molar-refractivity contribution >= 4 is 18.3 Å². The maximum Gasteiger partial charge on any atom is 0.237 e. The standard InChI is InChI=1S/C11H20N2O.ClH/c12-10(7-8-3-1-2-4-8)11(14)13-9-5-6-9;/h8-10H,1-7,12H2,(H,13,14);1H. The average Bonchev–Trinajstić information content (AvgIpc) is 2.81. The fraction of sp³-hybridized carbons (Fsp3) is 0.909. The Morgan fingerprint density at radius 2 is 1.87 bits per heavy atom. The number of hydrogen-bond acceptors (Lipinski definition) is 2. The van der Waals surface area contributed by atoms with Gasteiger partial charge >= 0.3 is 0 Å². The monoisotopic (exact) mass is 232 g/mol. The number of hydrogen-bond donors (Lipinski definition) is 2. The number of carbonyl (C=O) groups excluding carboxylic acids is 1. The van der Waals surface area contributed by atoms with E-state index >= 15 is 0 Å². The summed E-state index contributed by atoms with van der Waals surface area (Å²) in [4.78, 5) is 11.5. The minimum Gasteiger partial charge on any atom is -0.352 e. The minimum atomic E-state index is -0.265. The van der Waals surface area contributed by atoms with Crippen molar-refractivity contribution in [1.82, 2.24) is 5.32 Å². The smallest absolute Gasteiger partial charge is 0.237 e. The Bertz CT molecular complexity index is 213. The molecule has 3 N–H and O–H groups in total. The first kappa shape index (κ1) is 12.8. The van der Waals surface area contributed by atoms with Crippen LogP contribution < -0.4 is 11.1 Å². The lowest BCUT2D eigenvalue weighted by molar-refractivity contribution is -0.122. The van der Waals surface area contributed by atoms with Crippen molar-refractivity contribution in [3.8, 4) is 0 Å². The number of nitrogens with one attached hydrogen (secondary N) is 1. The van der Waals surface area contributed by atoms with Gasteiger partial charge in [-0.15, -0.1) is 12.4 Å². The van der Waals surface area contributed by atoms with Crippen LogP contribution in [0.4, 0.5) is 0 Å². The molecule has 0 aromatic carbocycles. The van der Waals surface area contributed by atoms with E-state index in [4.69, 9.17) is 5.73 Å². The normalized spacial score (nSPS) is 23.3. The molecule has 0 spiro atoms. The molecule has 0 aromatic rings. The van der Waals surface area contributed by atoms with Gasteiger partial charge in [-0.05, 0) is 25.2 Å². The molecule has 1 unspecified atom stereocenters. The van der Waals surface area contributed by atoms with Crippen LogP contribution in [0.1, 0.15) is 44.9 Å². The van der Waals surface area contributed by atoms with Gasteiger partial charge in [0.15, 0.2) is 0 Å². The molecular weight excluding hydrogens is 212 g/mol. The second-order valence-corrected chi connectivity index (χ2v) is 4.78. The highest BCUT2D eigenvalue weighted by Gasteiger charge is 2.27. The number of nitrogens with two attached hydrogens (primary N) is 1. The van der Waals surface area contributed by atoms with Gasteiger partial charge < -0.3 is 11.1 Å². The van der Waals surface area contributed by atoms with Crippen LogP contribution in [0.5, 0.6) is 0 Å². The number of halogens is 1. The predicted octanol–water partition coefficient (Wildman–Crippen LogP) is 1.59. The van der Waals surface area contributed by atoms with Crippen LogP contribution in [0.15, 0.2) is 0 Å². The molecular formula is C11H21ClN2O. The molecule has 2 rings (SSSR count). The Morgan fingerprint density at radius 3 is 2.40 bits per heavy atom. The third-order valence-corrected chi connectivity index (χ3v) is 3.32. The summed E-state index contributed by atoms with van der Waals surface area (Å²) in [6.45, 7) is 0. The minimum absolute atomic E-state index is 0. The highest BCUT2D eigenvalue weighted by Crippen LogP contribution is 2.28. The highest BCUT2D eigenvalue weighted by molar-refractivity contribution is 5.85. The third-order valence-electron chi connectivity index (χ3n) is 3.32. The van der Waals surface area contributed by atoms with E-state index in [1.165, 1.54) is 25.7 Å². The average molecular weight is 233 g/mol. The molecule has 0 bridgehead atoms. The number of carbonyl (C=O) groups is 1. The SMILES string of the molecule is Cl.NC(CC1CCCC1)C(=O)NC1CC1. The molecule has 1 amide bonds. The van der Waals surface area contributed by atoms with Crippen LogP contribution in [0, 0.1) is 5.92 Å². The molecule has 0 heterocycles. The van der Waals surface area contributed by atoms with Crippen molar-refractivity contribution in [2.24, 2.45) is 11.7 Å². The van der Waals surface area contributed by atoms with Gasteiger partial charge in [0.2, 0.25) is 5.91 Å². The zero-order valence-corrected chi connectivity index (χ0v) is 9.89. The third kappa shape index (κ3) is 3.99. The van der Waals surface area contributed by atoms with Gasteiger partial charge in [-0.2, -0.15) is 0 Å². The molecule has 4 heteroatoms. The second kappa shape index (κ2) is 5.71. The Kier molecular flexibility index (Phi) is 4.87. The topological polar surface area (TPSA) is 55.1 Å². The lowest BCUT2D eigenvalue weighted by atomic mass is 9.98. The Balaban J connectivity index is 0.00000112. The van der Waals surface area contributed by atoms with Gasteiger partial charge in [0.1, 0.15) is 0 Å². The molecule has 2 saturated carbocycles. The highest BCUT2D eigenvalue weighted by atomic mass is 35.5. The van der Waals surface area contributed by atoms with E-state index in [-0.39, 0.29) is 24.4 Å². The molecule has 88 valence electrons. The van der Waals surface area contributed by atoms with E-state index in [1.807, 2.05) is 0 Å². The van der Waals surface area contributed by atoms with Gasteiger partial charge in [-0.25, -0.2) is 0 Å². The first-order valence-electron chi connectivity index (χ1n) is 5.81. The Labute approximate surface area is 97.6 Å². The summed E-state index contributed by atoms with van der Waals surface area (Å²) in [5.74, 6) is 0.773. The van der Waals surface area contributed by atoms with Crippen LogP contribution in [-0.2, 0) is 4.79 Å².